The number of hydrogen-bond acceptors (Lipinski definition) is 5. The lowest BCUT2D eigenvalue weighted by molar-refractivity contribution is -0.140. The predicted octanol–water partition coefficient (Wildman–Crippen LogP) is 1.17. The van der Waals surface area contributed by atoms with Gasteiger partial charge in [0.05, 0.1) is 12.2 Å². The Balaban J connectivity index is 1.31. The Labute approximate surface area is 177 Å². The lowest BCUT2D eigenvalue weighted by Crippen LogP contribution is -2.52. The van der Waals surface area contributed by atoms with E-state index < -0.39 is 6.04 Å². The fourth-order valence-electron chi connectivity index (χ4n) is 4.58. The molecule has 3 atom stereocenters. The molecule has 30 heavy (non-hydrogen) atoms. The van der Waals surface area contributed by atoms with Gasteiger partial charge in [-0.3, -0.25) is 9.63 Å². The first-order valence-corrected chi connectivity index (χ1v) is 10.8. The molecule has 0 aromatic heterocycles. The molecule has 4 rings (SSSR count). The second-order valence-electron chi connectivity index (χ2n) is 8.22. The first-order chi connectivity index (χ1) is 14.7. The normalized spacial score (nSPS) is 26.9. The Morgan fingerprint density at radius 2 is 2.00 bits per heavy atom. The molecular weight excluding hydrogens is 383 g/mol. The van der Waals surface area contributed by atoms with Crippen molar-refractivity contribution >= 4 is 25.5 Å². The molecule has 3 heterocycles. The first-order valence-electron chi connectivity index (χ1n) is 10.8. The van der Waals surface area contributed by atoms with E-state index in [0.717, 1.165) is 50.5 Å². The van der Waals surface area contributed by atoms with E-state index >= 15 is 0 Å². The van der Waals surface area contributed by atoms with Gasteiger partial charge in [0.15, 0.2) is 0 Å². The summed E-state index contributed by atoms with van der Waals surface area (Å²) >= 11 is 0. The molecule has 1 radical (unpaired) electrons. The largest absolute Gasteiger partial charge is 0.352 e. The van der Waals surface area contributed by atoms with Crippen LogP contribution >= 0.6 is 0 Å². The minimum absolute atomic E-state index is 0.00409. The van der Waals surface area contributed by atoms with Crippen LogP contribution in [0.25, 0.3) is 0 Å². The van der Waals surface area contributed by atoms with Crippen molar-refractivity contribution in [3.63, 3.8) is 0 Å². The average molecular weight is 411 g/mol. The van der Waals surface area contributed by atoms with Crippen LogP contribution in [0.2, 0.25) is 0 Å². The molecule has 159 valence electrons. The molecule has 1 N–H and O–H groups in total. The van der Waals surface area contributed by atoms with E-state index in [1.54, 1.807) is 12.3 Å². The van der Waals surface area contributed by atoms with Crippen LogP contribution in [-0.2, 0) is 21.0 Å². The first kappa shape index (κ1) is 20.9. The van der Waals surface area contributed by atoms with Gasteiger partial charge >= 0.3 is 6.03 Å². The third kappa shape index (κ3) is 4.68. The summed E-state index contributed by atoms with van der Waals surface area (Å²) in [5.41, 5.74) is 1.00. The molecule has 3 saturated heterocycles. The summed E-state index contributed by atoms with van der Waals surface area (Å²) in [4.78, 5) is 46.0. The highest BCUT2D eigenvalue weighted by molar-refractivity contribution is 6.64. The molecule has 3 aliphatic heterocycles. The fourth-order valence-corrected chi connectivity index (χ4v) is 4.58. The third-order valence-corrected chi connectivity index (χ3v) is 6.22. The standard InChI is InChI=1S/C21H28BN4O4/c27-15-22-24-11-4-7-17(10-12-24)23-20(28)19-9-8-18-13-25(19)21(29)26(18)30-14-16-5-2-1-3-6-16/h1-3,5-6,15,17-19H,4,7-14H2,(H,23,28)/t17-,18+,19-/m0/s1. The zero-order chi connectivity index (χ0) is 20.9. The second kappa shape index (κ2) is 9.62. The highest BCUT2D eigenvalue weighted by Crippen LogP contribution is 2.30. The molecule has 9 heteroatoms. The van der Waals surface area contributed by atoms with Crippen LogP contribution in [0.3, 0.4) is 0 Å². The van der Waals surface area contributed by atoms with Crippen LogP contribution < -0.4 is 5.32 Å². The van der Waals surface area contributed by atoms with Crippen LogP contribution in [0.15, 0.2) is 30.3 Å². The number of fused-ring (bicyclic) bond motifs is 2. The number of hydroxylamine groups is 2. The van der Waals surface area contributed by atoms with Gasteiger partial charge in [-0.05, 0) is 50.8 Å². The van der Waals surface area contributed by atoms with E-state index in [4.69, 9.17) is 4.84 Å². The lowest BCUT2D eigenvalue weighted by Gasteiger charge is -2.30. The summed E-state index contributed by atoms with van der Waals surface area (Å²) in [6.07, 6.45) is 4.80. The molecule has 8 nitrogen and oxygen atoms in total. The molecule has 0 aliphatic carbocycles. The number of nitrogens with one attached hydrogen (secondary N) is 1. The third-order valence-electron chi connectivity index (χ3n) is 6.22. The maximum Gasteiger partial charge on any atom is 0.345 e. The van der Waals surface area contributed by atoms with Gasteiger partial charge in [-0.2, -0.15) is 5.06 Å². The molecule has 3 amide bonds. The van der Waals surface area contributed by atoms with Crippen molar-refractivity contribution < 1.29 is 19.2 Å². The molecule has 3 aliphatic rings. The highest BCUT2D eigenvalue weighted by atomic mass is 16.7. The summed E-state index contributed by atoms with van der Waals surface area (Å²) in [5.74, 6) is -0.0791. The number of carbonyl (C=O) groups is 3. The zero-order valence-electron chi connectivity index (χ0n) is 17.1. The number of benzene rings is 1. The van der Waals surface area contributed by atoms with Crippen molar-refractivity contribution in [1.82, 2.24) is 20.1 Å². The summed E-state index contributed by atoms with van der Waals surface area (Å²) in [5, 5.41) is 4.60. The molecular formula is C21H28BN4O4. The van der Waals surface area contributed by atoms with Gasteiger partial charge in [0.25, 0.3) is 7.41 Å². The average Bonchev–Trinajstić information content (AvgIpc) is 2.89. The number of carbonyl (C=O) groups excluding carboxylic acids is 3. The van der Waals surface area contributed by atoms with Gasteiger partial charge < -0.3 is 19.8 Å². The highest BCUT2D eigenvalue weighted by Gasteiger charge is 2.48. The molecule has 0 spiro atoms. The summed E-state index contributed by atoms with van der Waals surface area (Å²) in [6.45, 7) is 2.44. The van der Waals surface area contributed by atoms with Crippen LogP contribution in [0.1, 0.15) is 37.7 Å². The molecule has 2 bridgehead atoms. The van der Waals surface area contributed by atoms with Gasteiger partial charge in [-0.15, -0.1) is 0 Å². The molecule has 0 unspecified atom stereocenters. The molecule has 3 fully saturated rings. The van der Waals surface area contributed by atoms with E-state index in [1.807, 2.05) is 35.1 Å². The summed E-state index contributed by atoms with van der Waals surface area (Å²) < 4.78 is 0. The number of amides is 3. The minimum Gasteiger partial charge on any atom is -0.352 e. The van der Waals surface area contributed by atoms with E-state index in [2.05, 4.69) is 5.32 Å². The van der Waals surface area contributed by atoms with Crippen LogP contribution in [0, 0.1) is 0 Å². The Kier molecular flexibility index (Phi) is 6.69. The SMILES string of the molecule is O=C[B]N1CCC[C@H](NC(=O)[C@@H]2CC[C@@H]3CN2C(=O)N3OCc2ccccc2)CC1. The van der Waals surface area contributed by atoms with E-state index in [1.165, 1.54) is 5.06 Å². The lowest BCUT2D eigenvalue weighted by atomic mass is 9.94. The van der Waals surface area contributed by atoms with E-state index in [0.29, 0.717) is 19.6 Å². The van der Waals surface area contributed by atoms with Crippen molar-refractivity contribution in [2.75, 3.05) is 19.6 Å². The van der Waals surface area contributed by atoms with Crippen LogP contribution in [0.4, 0.5) is 4.79 Å². The van der Waals surface area contributed by atoms with Crippen molar-refractivity contribution in [3.8, 4) is 0 Å². The van der Waals surface area contributed by atoms with E-state index in [9.17, 15) is 14.4 Å². The molecule has 1 aromatic carbocycles. The monoisotopic (exact) mass is 411 g/mol. The number of urea groups is 1. The Morgan fingerprint density at radius 1 is 1.17 bits per heavy atom. The number of hydrogen-bond donors (Lipinski definition) is 1. The Hall–Kier alpha value is -2.39. The minimum atomic E-state index is -0.444. The maximum absolute atomic E-state index is 13.0. The van der Waals surface area contributed by atoms with Crippen LogP contribution in [-0.4, -0.2) is 78.1 Å². The Morgan fingerprint density at radius 3 is 2.80 bits per heavy atom. The number of rotatable bonds is 7. The number of piperidine rings is 1. The number of nitrogens with zero attached hydrogens (tertiary/aromatic N) is 3. The maximum atomic E-state index is 13.0. The van der Waals surface area contributed by atoms with Gasteiger partial charge in [0, 0.05) is 12.6 Å². The van der Waals surface area contributed by atoms with Crippen molar-refractivity contribution in [2.45, 2.75) is 56.8 Å². The van der Waals surface area contributed by atoms with Gasteiger partial charge in [0.1, 0.15) is 12.6 Å². The topological polar surface area (TPSA) is 82.2 Å². The Bertz CT molecular complexity index is 765. The van der Waals surface area contributed by atoms with Crippen molar-refractivity contribution in [3.05, 3.63) is 35.9 Å². The summed E-state index contributed by atoms with van der Waals surface area (Å²) in [6, 6.07) is 9.15. The second-order valence-corrected chi connectivity index (χ2v) is 8.22. The van der Waals surface area contributed by atoms with Gasteiger partial charge in [0.2, 0.25) is 5.91 Å². The molecule has 0 saturated carbocycles. The fraction of sp³-hybridized carbons (Fsp3) is 0.571. The molecule has 1 aromatic rings. The van der Waals surface area contributed by atoms with Gasteiger partial charge in [-0.25, -0.2) is 4.79 Å². The van der Waals surface area contributed by atoms with Crippen molar-refractivity contribution in [1.29, 1.82) is 0 Å². The van der Waals surface area contributed by atoms with Gasteiger partial charge in [-0.1, -0.05) is 30.3 Å². The quantitative estimate of drug-likeness (QED) is 0.538. The van der Waals surface area contributed by atoms with Crippen LogP contribution in [0.5, 0.6) is 0 Å². The van der Waals surface area contributed by atoms with E-state index in [-0.39, 0.29) is 24.0 Å². The predicted molar refractivity (Wildman–Crippen MR) is 112 cm³/mol. The zero-order valence-corrected chi connectivity index (χ0v) is 17.1. The smallest absolute Gasteiger partial charge is 0.345 e. The van der Waals surface area contributed by atoms with Crippen molar-refractivity contribution in [2.24, 2.45) is 0 Å². The summed E-state index contributed by atoms with van der Waals surface area (Å²) in [7, 11) is 1.57.